The summed E-state index contributed by atoms with van der Waals surface area (Å²) in [6.45, 7) is 6.92. The summed E-state index contributed by atoms with van der Waals surface area (Å²) in [5, 5.41) is 0. The Morgan fingerprint density at radius 3 is 2.65 bits per heavy atom. The van der Waals surface area contributed by atoms with Crippen molar-refractivity contribution in [2.75, 3.05) is 33.7 Å². The zero-order chi connectivity index (χ0) is 12.7. The predicted molar refractivity (Wildman–Crippen MR) is 70.7 cm³/mol. The van der Waals surface area contributed by atoms with Crippen LogP contribution in [0.4, 0.5) is 0 Å². The Morgan fingerprint density at radius 2 is 2.06 bits per heavy atom. The van der Waals surface area contributed by atoms with Gasteiger partial charge in [0.25, 0.3) is 0 Å². The summed E-state index contributed by atoms with van der Waals surface area (Å²) in [5.74, 6) is 0.913. The second kappa shape index (κ2) is 7.48. The molecule has 0 aliphatic heterocycles. The van der Waals surface area contributed by atoms with Gasteiger partial charge >= 0.3 is 0 Å². The van der Waals surface area contributed by atoms with Gasteiger partial charge in [0.1, 0.15) is 5.76 Å². The molecule has 1 rings (SSSR count). The normalized spacial score (nSPS) is 11.6. The molecule has 1 aromatic heterocycles. The van der Waals surface area contributed by atoms with Gasteiger partial charge < -0.3 is 15.1 Å². The first-order valence-electron chi connectivity index (χ1n) is 6.29. The Morgan fingerprint density at radius 1 is 1.29 bits per heavy atom. The van der Waals surface area contributed by atoms with Crippen LogP contribution < -0.4 is 5.73 Å². The van der Waals surface area contributed by atoms with Gasteiger partial charge in [-0.05, 0) is 46.2 Å². The lowest BCUT2D eigenvalue weighted by molar-refractivity contribution is 0.257. The SMILES string of the molecule is CCN(CCCN(C)C)Cc1ccoc1CN. The summed E-state index contributed by atoms with van der Waals surface area (Å²) in [4.78, 5) is 4.64. The highest BCUT2D eigenvalue weighted by atomic mass is 16.3. The second-order valence-corrected chi connectivity index (χ2v) is 4.60. The van der Waals surface area contributed by atoms with E-state index in [1.807, 2.05) is 6.07 Å². The average Bonchev–Trinajstić information content (AvgIpc) is 2.74. The van der Waals surface area contributed by atoms with Crippen molar-refractivity contribution in [1.29, 1.82) is 0 Å². The van der Waals surface area contributed by atoms with E-state index in [1.54, 1.807) is 6.26 Å². The van der Waals surface area contributed by atoms with E-state index < -0.39 is 0 Å². The third-order valence-corrected chi connectivity index (χ3v) is 2.94. The second-order valence-electron chi connectivity index (χ2n) is 4.60. The van der Waals surface area contributed by atoms with Crippen molar-refractivity contribution < 1.29 is 4.42 Å². The molecule has 98 valence electrons. The summed E-state index contributed by atoms with van der Waals surface area (Å²) in [6.07, 6.45) is 2.92. The van der Waals surface area contributed by atoms with Crippen LogP contribution in [0.25, 0.3) is 0 Å². The highest BCUT2D eigenvalue weighted by molar-refractivity contribution is 5.16. The van der Waals surface area contributed by atoms with E-state index in [0.29, 0.717) is 6.54 Å². The Hall–Kier alpha value is -0.840. The molecule has 0 aliphatic carbocycles. The van der Waals surface area contributed by atoms with Crippen LogP contribution in [-0.4, -0.2) is 43.5 Å². The largest absolute Gasteiger partial charge is 0.468 e. The molecule has 0 unspecified atom stereocenters. The van der Waals surface area contributed by atoms with Gasteiger partial charge in [0.15, 0.2) is 0 Å². The maximum absolute atomic E-state index is 5.63. The highest BCUT2D eigenvalue weighted by Gasteiger charge is 2.09. The topological polar surface area (TPSA) is 45.6 Å². The molecular formula is C13H25N3O. The summed E-state index contributed by atoms with van der Waals surface area (Å²) in [7, 11) is 4.22. The lowest BCUT2D eigenvalue weighted by Crippen LogP contribution is -2.27. The summed E-state index contributed by atoms with van der Waals surface area (Å²) in [6, 6.07) is 2.02. The molecule has 4 heteroatoms. The first-order chi connectivity index (χ1) is 8.17. The minimum atomic E-state index is 0.484. The number of nitrogens with two attached hydrogens (primary N) is 1. The summed E-state index contributed by atoms with van der Waals surface area (Å²) in [5.41, 5.74) is 6.85. The van der Waals surface area contributed by atoms with Gasteiger partial charge in [-0.1, -0.05) is 6.92 Å². The third kappa shape index (κ3) is 4.89. The van der Waals surface area contributed by atoms with Crippen LogP contribution in [0.15, 0.2) is 16.7 Å². The zero-order valence-electron chi connectivity index (χ0n) is 11.3. The molecule has 1 heterocycles. The smallest absolute Gasteiger partial charge is 0.121 e. The van der Waals surface area contributed by atoms with Crippen molar-refractivity contribution in [3.63, 3.8) is 0 Å². The fraction of sp³-hybridized carbons (Fsp3) is 0.692. The van der Waals surface area contributed by atoms with E-state index in [2.05, 4.69) is 30.8 Å². The maximum Gasteiger partial charge on any atom is 0.121 e. The zero-order valence-corrected chi connectivity index (χ0v) is 11.3. The molecule has 0 aliphatic rings. The van der Waals surface area contributed by atoms with E-state index >= 15 is 0 Å². The fourth-order valence-electron chi connectivity index (χ4n) is 1.89. The molecule has 0 atom stereocenters. The van der Waals surface area contributed by atoms with Gasteiger partial charge in [0, 0.05) is 12.1 Å². The monoisotopic (exact) mass is 239 g/mol. The lowest BCUT2D eigenvalue weighted by Gasteiger charge is -2.21. The molecule has 0 fully saturated rings. The van der Waals surface area contributed by atoms with Crippen LogP contribution >= 0.6 is 0 Å². The van der Waals surface area contributed by atoms with Gasteiger partial charge in [-0.15, -0.1) is 0 Å². The molecule has 1 aromatic rings. The van der Waals surface area contributed by atoms with E-state index in [1.165, 1.54) is 12.0 Å². The summed E-state index contributed by atoms with van der Waals surface area (Å²) >= 11 is 0. The first-order valence-corrected chi connectivity index (χ1v) is 6.29. The molecule has 0 amide bonds. The molecule has 0 radical (unpaired) electrons. The van der Waals surface area contributed by atoms with Crippen LogP contribution in [0.3, 0.4) is 0 Å². The van der Waals surface area contributed by atoms with E-state index in [4.69, 9.17) is 10.2 Å². The number of furan rings is 1. The van der Waals surface area contributed by atoms with E-state index in [9.17, 15) is 0 Å². The van der Waals surface area contributed by atoms with Crippen LogP contribution in [0.2, 0.25) is 0 Å². The van der Waals surface area contributed by atoms with Gasteiger partial charge in [-0.25, -0.2) is 0 Å². The molecular weight excluding hydrogens is 214 g/mol. The summed E-state index contributed by atoms with van der Waals surface area (Å²) < 4.78 is 5.34. The van der Waals surface area contributed by atoms with Gasteiger partial charge in [0.2, 0.25) is 0 Å². The number of hydrogen-bond donors (Lipinski definition) is 1. The Kier molecular flexibility index (Phi) is 6.26. The minimum absolute atomic E-state index is 0.484. The van der Waals surface area contributed by atoms with Crippen molar-refractivity contribution in [2.45, 2.75) is 26.4 Å². The number of rotatable bonds is 8. The number of hydrogen-bond acceptors (Lipinski definition) is 4. The van der Waals surface area contributed by atoms with E-state index in [-0.39, 0.29) is 0 Å². The molecule has 2 N–H and O–H groups in total. The lowest BCUT2D eigenvalue weighted by atomic mass is 10.2. The molecule has 0 saturated heterocycles. The van der Waals surface area contributed by atoms with Crippen molar-refractivity contribution >= 4 is 0 Å². The fourth-order valence-corrected chi connectivity index (χ4v) is 1.89. The van der Waals surface area contributed by atoms with Crippen molar-refractivity contribution in [3.8, 4) is 0 Å². The third-order valence-electron chi connectivity index (χ3n) is 2.94. The predicted octanol–water partition coefficient (Wildman–Crippen LogP) is 1.51. The molecule has 17 heavy (non-hydrogen) atoms. The molecule has 4 nitrogen and oxygen atoms in total. The Balaban J connectivity index is 2.41. The van der Waals surface area contributed by atoms with Crippen LogP contribution in [0.5, 0.6) is 0 Å². The van der Waals surface area contributed by atoms with Crippen LogP contribution in [0.1, 0.15) is 24.7 Å². The van der Waals surface area contributed by atoms with Crippen molar-refractivity contribution in [2.24, 2.45) is 5.73 Å². The van der Waals surface area contributed by atoms with Crippen molar-refractivity contribution in [1.82, 2.24) is 9.80 Å². The number of nitrogens with zero attached hydrogens (tertiary/aromatic N) is 2. The van der Waals surface area contributed by atoms with Gasteiger partial charge in [-0.2, -0.15) is 0 Å². The van der Waals surface area contributed by atoms with E-state index in [0.717, 1.165) is 31.9 Å². The average molecular weight is 239 g/mol. The molecule has 0 bridgehead atoms. The standard InChI is InChI=1S/C13H25N3O/c1-4-16(8-5-7-15(2)3)11-12-6-9-17-13(12)10-14/h6,9H,4-5,7-8,10-11,14H2,1-3H3. The first kappa shape index (κ1) is 14.2. The minimum Gasteiger partial charge on any atom is -0.468 e. The highest BCUT2D eigenvalue weighted by Crippen LogP contribution is 2.12. The van der Waals surface area contributed by atoms with Gasteiger partial charge in [0.05, 0.1) is 12.8 Å². The van der Waals surface area contributed by atoms with Gasteiger partial charge in [-0.3, -0.25) is 4.90 Å². The van der Waals surface area contributed by atoms with Crippen LogP contribution in [-0.2, 0) is 13.1 Å². The maximum atomic E-state index is 5.63. The van der Waals surface area contributed by atoms with Crippen molar-refractivity contribution in [3.05, 3.63) is 23.7 Å². The molecule has 0 saturated carbocycles. The quantitative estimate of drug-likeness (QED) is 0.747. The Bertz CT molecular complexity index is 309. The Labute approximate surface area is 104 Å². The molecule has 0 aromatic carbocycles. The molecule has 0 spiro atoms. The van der Waals surface area contributed by atoms with Crippen LogP contribution in [0, 0.1) is 0 Å².